The van der Waals surface area contributed by atoms with E-state index in [4.69, 9.17) is 5.73 Å². The van der Waals surface area contributed by atoms with Crippen LogP contribution in [0.2, 0.25) is 0 Å². The number of hydrogen-bond donors (Lipinski definition) is 1. The van der Waals surface area contributed by atoms with Gasteiger partial charge in [0.05, 0.1) is 6.54 Å². The van der Waals surface area contributed by atoms with Gasteiger partial charge in [-0.3, -0.25) is 4.79 Å². The minimum atomic E-state index is -0.261. The summed E-state index contributed by atoms with van der Waals surface area (Å²) in [4.78, 5) is 11.3. The highest BCUT2D eigenvalue weighted by Crippen LogP contribution is 2.30. The highest BCUT2D eigenvalue weighted by Gasteiger charge is 2.16. The lowest BCUT2D eigenvalue weighted by atomic mass is 10.0. The van der Waals surface area contributed by atoms with Crippen LogP contribution in [-0.4, -0.2) is 30.7 Å². The molecule has 0 atom stereocenters. The van der Waals surface area contributed by atoms with Gasteiger partial charge in [0.1, 0.15) is 12.1 Å². The number of fused-ring (bicyclic) bond motifs is 1. The summed E-state index contributed by atoms with van der Waals surface area (Å²) in [7, 11) is 2.03. The Labute approximate surface area is 175 Å². The first-order valence-corrected chi connectivity index (χ1v) is 10.6. The first kappa shape index (κ1) is 21.1. The third-order valence-corrected chi connectivity index (χ3v) is 5.98. The number of allylic oxidation sites excluding steroid dienone is 1. The van der Waals surface area contributed by atoms with E-state index in [9.17, 15) is 9.18 Å². The van der Waals surface area contributed by atoms with Crippen LogP contribution in [-0.2, 0) is 13.0 Å². The molecule has 0 fully saturated rings. The average Bonchev–Trinajstić information content (AvgIpc) is 2.99. The summed E-state index contributed by atoms with van der Waals surface area (Å²) >= 11 is 1.66. The van der Waals surface area contributed by atoms with Gasteiger partial charge < -0.3 is 14.6 Å². The number of aromatic nitrogens is 1. The minimum Gasteiger partial charge on any atom is -0.338 e. The number of nitrogens with two attached hydrogens (primary N) is 1. The van der Waals surface area contributed by atoms with E-state index in [2.05, 4.69) is 28.6 Å². The average molecular weight is 412 g/mol. The Morgan fingerprint density at radius 3 is 2.59 bits per heavy atom. The van der Waals surface area contributed by atoms with Crippen LogP contribution in [0.25, 0.3) is 10.9 Å². The highest BCUT2D eigenvalue weighted by molar-refractivity contribution is 7.99. The molecule has 152 valence electrons. The smallest absolute Gasteiger partial charge is 0.150 e. The van der Waals surface area contributed by atoms with Gasteiger partial charge in [-0.15, -0.1) is 0 Å². The van der Waals surface area contributed by atoms with E-state index in [-0.39, 0.29) is 18.9 Å². The molecule has 6 heteroatoms. The molecule has 0 unspecified atom stereocenters. The zero-order chi connectivity index (χ0) is 21.0. The van der Waals surface area contributed by atoms with Gasteiger partial charge in [0, 0.05) is 47.7 Å². The summed E-state index contributed by atoms with van der Waals surface area (Å²) in [5.74, 6) is -0.261. The molecule has 0 aliphatic rings. The van der Waals surface area contributed by atoms with E-state index >= 15 is 0 Å². The Balaban J connectivity index is 2.05. The highest BCUT2D eigenvalue weighted by atomic mass is 32.2. The molecular formula is C23H26FN3OS. The molecule has 3 rings (SSSR count). The number of nitrogens with zero attached hydrogens (tertiary/aromatic N) is 2. The number of aldehydes is 1. The number of carbonyl (C=O) groups is 1. The summed E-state index contributed by atoms with van der Waals surface area (Å²) in [6, 6.07) is 14.0. The summed E-state index contributed by atoms with van der Waals surface area (Å²) < 4.78 is 18.3. The van der Waals surface area contributed by atoms with Crippen molar-refractivity contribution in [1.29, 1.82) is 0 Å². The normalized spacial score (nSPS) is 11.8. The minimum absolute atomic E-state index is 0.136. The van der Waals surface area contributed by atoms with Gasteiger partial charge >= 0.3 is 0 Å². The molecule has 0 aliphatic carbocycles. The van der Waals surface area contributed by atoms with Crippen molar-refractivity contribution < 1.29 is 9.18 Å². The molecule has 0 radical (unpaired) electrons. The predicted octanol–water partition coefficient (Wildman–Crippen LogP) is 4.88. The molecule has 0 amide bonds. The zero-order valence-corrected chi connectivity index (χ0v) is 17.8. The fraction of sp³-hybridized carbons (Fsp3) is 0.261. The standard InChI is InChI=1S/C23H26FN3OS/c1-16-21(12-17-4-7-20(8-5-17)26(2)29-3)22-13-18(15-28)6-9-23(22)27(16)14-19(24)10-11-25/h4-10,13,15H,11-12,14,25H2,1-3H3/b19-10-. The zero-order valence-electron chi connectivity index (χ0n) is 17.0. The topological polar surface area (TPSA) is 51.3 Å². The lowest BCUT2D eigenvalue weighted by Crippen LogP contribution is -2.05. The van der Waals surface area contributed by atoms with Crippen LogP contribution in [0.15, 0.2) is 54.4 Å². The predicted molar refractivity (Wildman–Crippen MR) is 121 cm³/mol. The SMILES string of the molecule is CSN(C)c1ccc(Cc2c(C)n(C/C(F)=C/CN)c3ccc(C=O)cc23)cc1. The van der Waals surface area contributed by atoms with Gasteiger partial charge in [-0.25, -0.2) is 4.39 Å². The van der Waals surface area contributed by atoms with Crippen molar-refractivity contribution >= 4 is 34.8 Å². The lowest BCUT2D eigenvalue weighted by molar-refractivity contribution is 0.112. The number of benzene rings is 2. The van der Waals surface area contributed by atoms with Gasteiger partial charge in [0.15, 0.2) is 0 Å². The molecule has 0 saturated carbocycles. The number of hydrogen-bond acceptors (Lipinski definition) is 4. The lowest BCUT2D eigenvalue weighted by Gasteiger charge is -2.15. The maximum absolute atomic E-state index is 14.2. The van der Waals surface area contributed by atoms with Crippen molar-refractivity contribution in [1.82, 2.24) is 4.57 Å². The Morgan fingerprint density at radius 1 is 1.24 bits per heavy atom. The molecular weight excluding hydrogens is 385 g/mol. The van der Waals surface area contributed by atoms with Crippen LogP contribution in [0.3, 0.4) is 0 Å². The molecule has 29 heavy (non-hydrogen) atoms. The Hall–Kier alpha value is -2.57. The first-order chi connectivity index (χ1) is 14.0. The second-order valence-electron chi connectivity index (χ2n) is 6.95. The fourth-order valence-corrected chi connectivity index (χ4v) is 3.88. The van der Waals surface area contributed by atoms with E-state index in [1.807, 2.05) is 36.9 Å². The second-order valence-corrected chi connectivity index (χ2v) is 7.87. The van der Waals surface area contributed by atoms with Crippen LogP contribution in [0, 0.1) is 6.92 Å². The summed E-state index contributed by atoms with van der Waals surface area (Å²) in [6.07, 6.45) is 4.99. The van der Waals surface area contributed by atoms with Crippen LogP contribution >= 0.6 is 11.9 Å². The molecule has 1 heterocycles. The molecule has 0 spiro atoms. The van der Waals surface area contributed by atoms with Crippen molar-refractivity contribution in [2.24, 2.45) is 5.73 Å². The van der Waals surface area contributed by atoms with E-state index in [1.165, 1.54) is 11.6 Å². The maximum Gasteiger partial charge on any atom is 0.150 e. The maximum atomic E-state index is 14.2. The van der Waals surface area contributed by atoms with Crippen LogP contribution < -0.4 is 10.0 Å². The van der Waals surface area contributed by atoms with Gasteiger partial charge in [-0.1, -0.05) is 24.1 Å². The van der Waals surface area contributed by atoms with Crippen molar-refractivity contribution in [3.05, 3.63) is 76.8 Å². The third-order valence-electron chi connectivity index (χ3n) is 5.22. The van der Waals surface area contributed by atoms with Crippen LogP contribution in [0.1, 0.15) is 27.2 Å². The number of carbonyl (C=O) groups excluding carboxylic acids is 1. The van der Waals surface area contributed by atoms with Crippen molar-refractivity contribution in [2.75, 3.05) is 24.2 Å². The number of halogens is 1. The summed E-state index contributed by atoms with van der Waals surface area (Å²) in [5.41, 5.74) is 11.4. The molecule has 3 aromatic rings. The van der Waals surface area contributed by atoms with Gasteiger partial charge in [-0.05, 0) is 60.9 Å². The molecule has 1 aromatic heterocycles. The van der Waals surface area contributed by atoms with Crippen molar-refractivity contribution in [3.8, 4) is 0 Å². The molecule has 4 nitrogen and oxygen atoms in total. The first-order valence-electron chi connectivity index (χ1n) is 9.46. The largest absolute Gasteiger partial charge is 0.338 e. The van der Waals surface area contributed by atoms with Gasteiger partial charge in [0.25, 0.3) is 0 Å². The Kier molecular flexibility index (Phi) is 6.77. The number of anilines is 1. The molecule has 0 aliphatic heterocycles. The van der Waals surface area contributed by atoms with Crippen molar-refractivity contribution in [2.45, 2.75) is 19.9 Å². The molecule has 2 N–H and O–H groups in total. The third kappa shape index (κ3) is 4.54. The monoisotopic (exact) mass is 411 g/mol. The Bertz CT molecular complexity index is 1040. The fourth-order valence-electron chi connectivity index (χ4n) is 3.55. The molecule has 2 aromatic carbocycles. The van der Waals surface area contributed by atoms with E-state index in [0.29, 0.717) is 12.0 Å². The van der Waals surface area contributed by atoms with Crippen LogP contribution in [0.4, 0.5) is 10.1 Å². The quantitative estimate of drug-likeness (QED) is 0.424. The Morgan fingerprint density at radius 2 is 1.97 bits per heavy atom. The van der Waals surface area contributed by atoms with Gasteiger partial charge in [-0.2, -0.15) is 0 Å². The van der Waals surface area contributed by atoms with Crippen LogP contribution in [0.5, 0.6) is 0 Å². The summed E-state index contributed by atoms with van der Waals surface area (Å²) in [6.45, 7) is 2.31. The van der Waals surface area contributed by atoms with E-state index in [1.54, 1.807) is 18.0 Å². The molecule has 0 bridgehead atoms. The number of rotatable bonds is 8. The second kappa shape index (κ2) is 9.29. The van der Waals surface area contributed by atoms with Crippen molar-refractivity contribution in [3.63, 3.8) is 0 Å². The van der Waals surface area contributed by atoms with E-state index < -0.39 is 0 Å². The summed E-state index contributed by atoms with van der Waals surface area (Å²) in [5, 5.41) is 0.984. The van der Waals surface area contributed by atoms with E-state index in [0.717, 1.165) is 34.1 Å². The molecule has 0 saturated heterocycles. The van der Waals surface area contributed by atoms with Gasteiger partial charge in [0.2, 0.25) is 0 Å².